The molecule has 1 aliphatic carbocycles. The highest BCUT2D eigenvalue weighted by atomic mass is 28.3. The molecule has 0 N–H and O–H groups in total. The molecule has 1 aromatic carbocycles. The van der Waals surface area contributed by atoms with E-state index >= 15 is 0 Å². The molecule has 0 aliphatic heterocycles. The van der Waals surface area contributed by atoms with Crippen molar-refractivity contribution in [3.8, 4) is 0 Å². The summed E-state index contributed by atoms with van der Waals surface area (Å²) in [4.78, 5) is 0. The Hall–Kier alpha value is -1.08. The highest BCUT2D eigenvalue weighted by molar-refractivity contribution is 6.82. The fourth-order valence-electron chi connectivity index (χ4n) is 2.73. The molecule has 0 saturated carbocycles. The van der Waals surface area contributed by atoms with Crippen LogP contribution in [0, 0.1) is 5.92 Å². The molecule has 0 amide bonds. The molecule has 0 spiro atoms. The van der Waals surface area contributed by atoms with Gasteiger partial charge in [0.25, 0.3) is 0 Å². The molecule has 95 valence electrons. The Kier molecular flexibility index (Phi) is 3.91. The summed E-state index contributed by atoms with van der Waals surface area (Å²) in [6.45, 7) is 9.48. The number of benzene rings is 1. The van der Waals surface area contributed by atoms with Gasteiger partial charge in [0.1, 0.15) is 8.80 Å². The second-order valence-electron chi connectivity index (χ2n) is 6.25. The van der Waals surface area contributed by atoms with Gasteiger partial charge in [0.05, 0.1) is 0 Å². The van der Waals surface area contributed by atoms with Gasteiger partial charge in [0.15, 0.2) is 0 Å². The summed E-state index contributed by atoms with van der Waals surface area (Å²) in [5, 5.41) is 3.58. The number of hydrogen-bond donors (Lipinski definition) is 0. The SMILES string of the molecule is CC1C=CC=C([Si](c2ccccc2)C(C)(C)C)C1. The first-order chi connectivity index (χ1) is 8.48. The van der Waals surface area contributed by atoms with Crippen LogP contribution < -0.4 is 5.19 Å². The van der Waals surface area contributed by atoms with Crippen molar-refractivity contribution in [2.24, 2.45) is 5.92 Å². The van der Waals surface area contributed by atoms with Gasteiger partial charge < -0.3 is 0 Å². The molecule has 1 aliphatic rings. The summed E-state index contributed by atoms with van der Waals surface area (Å²) in [5.41, 5.74) is 0. The number of allylic oxidation sites excluding steroid dienone is 4. The monoisotopic (exact) mass is 255 g/mol. The van der Waals surface area contributed by atoms with E-state index in [4.69, 9.17) is 0 Å². The maximum atomic E-state index is 2.39. The van der Waals surface area contributed by atoms with E-state index in [-0.39, 0.29) is 0 Å². The van der Waals surface area contributed by atoms with Crippen molar-refractivity contribution in [3.05, 3.63) is 53.8 Å². The predicted molar refractivity (Wildman–Crippen MR) is 82.5 cm³/mol. The average molecular weight is 255 g/mol. The van der Waals surface area contributed by atoms with Crippen molar-refractivity contribution in [3.63, 3.8) is 0 Å². The van der Waals surface area contributed by atoms with E-state index in [1.807, 2.05) is 0 Å². The first-order valence-electron chi connectivity index (χ1n) is 6.79. The van der Waals surface area contributed by atoms with Gasteiger partial charge in [-0.05, 0) is 17.4 Å². The Balaban J connectivity index is 2.39. The van der Waals surface area contributed by atoms with Crippen LogP contribution in [0.25, 0.3) is 0 Å². The second kappa shape index (κ2) is 5.27. The molecule has 1 aromatic rings. The van der Waals surface area contributed by atoms with E-state index < -0.39 is 8.80 Å². The smallest absolute Gasteiger partial charge is 0.0814 e. The van der Waals surface area contributed by atoms with E-state index in [0.717, 1.165) is 0 Å². The Labute approximate surface area is 113 Å². The molecule has 2 rings (SSSR count). The summed E-state index contributed by atoms with van der Waals surface area (Å²) < 4.78 is 0. The zero-order valence-electron chi connectivity index (χ0n) is 11.9. The molecule has 0 heterocycles. The molecule has 18 heavy (non-hydrogen) atoms. The highest BCUT2D eigenvalue weighted by Crippen LogP contribution is 2.34. The fourth-order valence-corrected chi connectivity index (χ4v) is 6.25. The lowest BCUT2D eigenvalue weighted by Gasteiger charge is -2.33. The molecule has 1 radical (unpaired) electrons. The summed E-state index contributed by atoms with van der Waals surface area (Å²) in [5.74, 6) is 0.691. The van der Waals surface area contributed by atoms with Gasteiger partial charge in [0.2, 0.25) is 0 Å². The van der Waals surface area contributed by atoms with E-state index in [9.17, 15) is 0 Å². The van der Waals surface area contributed by atoms with Crippen LogP contribution >= 0.6 is 0 Å². The standard InChI is InChI=1S/C17H23Si/c1-14-9-8-12-16(13-14)18(17(2,3)4)15-10-6-5-7-11-15/h5-12,14H,13H2,1-4H3. The molecule has 1 atom stereocenters. The van der Waals surface area contributed by atoms with Crippen molar-refractivity contribution in [1.29, 1.82) is 0 Å². The van der Waals surface area contributed by atoms with Crippen LogP contribution in [-0.2, 0) is 0 Å². The maximum Gasteiger partial charge on any atom is 0.121 e. The lowest BCUT2D eigenvalue weighted by Crippen LogP contribution is -2.41. The molecular weight excluding hydrogens is 232 g/mol. The zero-order chi connectivity index (χ0) is 13.2. The minimum absolute atomic E-state index is 0.364. The van der Waals surface area contributed by atoms with Crippen molar-refractivity contribution >= 4 is 14.0 Å². The quantitative estimate of drug-likeness (QED) is 0.693. The van der Waals surface area contributed by atoms with Crippen LogP contribution in [0.2, 0.25) is 5.04 Å². The maximum absolute atomic E-state index is 2.39. The third-order valence-corrected chi connectivity index (χ3v) is 6.84. The van der Waals surface area contributed by atoms with Crippen LogP contribution in [0.15, 0.2) is 53.8 Å². The number of rotatable bonds is 2. The van der Waals surface area contributed by atoms with E-state index in [1.165, 1.54) is 6.42 Å². The van der Waals surface area contributed by atoms with Crippen molar-refractivity contribution in [2.75, 3.05) is 0 Å². The van der Waals surface area contributed by atoms with Gasteiger partial charge in [-0.3, -0.25) is 0 Å². The highest BCUT2D eigenvalue weighted by Gasteiger charge is 2.32. The summed E-state index contributed by atoms with van der Waals surface area (Å²) in [6, 6.07) is 11.1. The summed E-state index contributed by atoms with van der Waals surface area (Å²) in [7, 11) is -0.661. The fraction of sp³-hybridized carbons (Fsp3) is 0.412. The van der Waals surface area contributed by atoms with Crippen molar-refractivity contribution in [1.82, 2.24) is 0 Å². The summed E-state index contributed by atoms with van der Waals surface area (Å²) >= 11 is 0. The molecule has 1 unspecified atom stereocenters. The lowest BCUT2D eigenvalue weighted by atomic mass is 10.0. The Bertz CT molecular complexity index is 448. The van der Waals surface area contributed by atoms with Gasteiger partial charge in [-0.15, -0.1) is 0 Å². The summed E-state index contributed by atoms with van der Waals surface area (Å²) in [6.07, 6.45) is 8.17. The van der Waals surface area contributed by atoms with Gasteiger partial charge in [-0.25, -0.2) is 0 Å². The molecule has 0 fully saturated rings. The van der Waals surface area contributed by atoms with Crippen LogP contribution in [0.3, 0.4) is 0 Å². The molecule has 1 heteroatoms. The van der Waals surface area contributed by atoms with Gasteiger partial charge >= 0.3 is 0 Å². The van der Waals surface area contributed by atoms with E-state index in [1.54, 1.807) is 10.4 Å². The molecule has 0 bridgehead atoms. The van der Waals surface area contributed by atoms with Crippen LogP contribution in [0.5, 0.6) is 0 Å². The topological polar surface area (TPSA) is 0 Å². The third kappa shape index (κ3) is 3.02. The Morgan fingerprint density at radius 3 is 2.33 bits per heavy atom. The van der Waals surface area contributed by atoms with Crippen molar-refractivity contribution < 1.29 is 0 Å². The van der Waals surface area contributed by atoms with E-state index in [0.29, 0.717) is 11.0 Å². The largest absolute Gasteiger partial charge is 0.121 e. The van der Waals surface area contributed by atoms with Crippen LogP contribution in [-0.4, -0.2) is 8.80 Å². The molecular formula is C17H23Si. The lowest BCUT2D eigenvalue weighted by molar-refractivity contribution is 0.703. The Morgan fingerprint density at radius 1 is 1.11 bits per heavy atom. The minimum atomic E-state index is -0.661. The van der Waals surface area contributed by atoms with Gasteiger partial charge in [-0.2, -0.15) is 0 Å². The van der Waals surface area contributed by atoms with Crippen LogP contribution in [0.4, 0.5) is 0 Å². The zero-order valence-corrected chi connectivity index (χ0v) is 12.9. The minimum Gasteiger partial charge on any atom is -0.0814 e. The van der Waals surface area contributed by atoms with Gasteiger partial charge in [-0.1, -0.05) is 86.6 Å². The van der Waals surface area contributed by atoms with Crippen molar-refractivity contribution in [2.45, 2.75) is 39.2 Å². The average Bonchev–Trinajstić information content (AvgIpc) is 2.28. The van der Waals surface area contributed by atoms with E-state index in [2.05, 4.69) is 76.3 Å². The first-order valence-corrected chi connectivity index (χ1v) is 8.29. The normalized spacial score (nSPS) is 20.1. The second-order valence-corrected chi connectivity index (χ2v) is 9.72. The van der Waals surface area contributed by atoms with Gasteiger partial charge in [0, 0.05) is 0 Å². The van der Waals surface area contributed by atoms with Crippen LogP contribution in [0.1, 0.15) is 34.1 Å². The molecule has 0 nitrogen and oxygen atoms in total. The Morgan fingerprint density at radius 2 is 1.78 bits per heavy atom. The first kappa shape index (κ1) is 13.4. The predicted octanol–water partition coefficient (Wildman–Crippen LogP) is 4.25. The third-order valence-electron chi connectivity index (χ3n) is 3.41. The molecule has 0 saturated heterocycles. The molecule has 0 aromatic heterocycles. The number of hydrogen-bond acceptors (Lipinski definition) is 0.